The fourth-order valence-electron chi connectivity index (χ4n) is 1.42. The molecule has 100 valence electrons. The van der Waals surface area contributed by atoms with E-state index in [1.165, 1.54) is 32.1 Å². The first-order chi connectivity index (χ1) is 8.91. The van der Waals surface area contributed by atoms with Gasteiger partial charge in [0.05, 0.1) is 6.61 Å². The molecule has 0 aliphatic carbocycles. The minimum Gasteiger partial charge on any atom is -0.377 e. The van der Waals surface area contributed by atoms with Crippen molar-refractivity contribution in [1.29, 1.82) is 0 Å². The predicted molar refractivity (Wildman–Crippen MR) is 79.2 cm³/mol. The minimum absolute atomic E-state index is 0.669. The molecule has 0 N–H and O–H groups in total. The van der Waals surface area contributed by atoms with Crippen molar-refractivity contribution in [2.75, 3.05) is 13.2 Å². The maximum Gasteiger partial charge on any atom is 0.0644 e. The van der Waals surface area contributed by atoms with E-state index in [-0.39, 0.29) is 0 Å². The molecular weight excluding hydrogens is 220 g/mol. The normalized spacial score (nSPS) is 8.94. The SMILES string of the molecule is C=CCOCCCCCCC#CC#CCCCC. The fourth-order valence-corrected chi connectivity index (χ4v) is 1.42. The Labute approximate surface area is 113 Å². The first-order valence-electron chi connectivity index (χ1n) is 7.06. The monoisotopic (exact) mass is 246 g/mol. The topological polar surface area (TPSA) is 9.23 Å². The van der Waals surface area contributed by atoms with Crippen LogP contribution < -0.4 is 0 Å². The van der Waals surface area contributed by atoms with Gasteiger partial charge in [-0.25, -0.2) is 0 Å². The van der Waals surface area contributed by atoms with Crippen LogP contribution in [0.3, 0.4) is 0 Å². The van der Waals surface area contributed by atoms with E-state index in [1.807, 2.05) is 0 Å². The van der Waals surface area contributed by atoms with Crippen molar-refractivity contribution in [3.63, 3.8) is 0 Å². The highest BCUT2D eigenvalue weighted by Gasteiger charge is 1.89. The van der Waals surface area contributed by atoms with Crippen LogP contribution in [0, 0.1) is 23.7 Å². The number of hydrogen-bond donors (Lipinski definition) is 0. The molecule has 0 bridgehead atoms. The van der Waals surface area contributed by atoms with Crippen LogP contribution in [0.1, 0.15) is 58.3 Å². The summed E-state index contributed by atoms with van der Waals surface area (Å²) in [6.45, 7) is 7.30. The Morgan fingerprint density at radius 2 is 1.61 bits per heavy atom. The van der Waals surface area contributed by atoms with Crippen LogP contribution in [0.5, 0.6) is 0 Å². The zero-order valence-corrected chi connectivity index (χ0v) is 11.8. The molecule has 0 atom stereocenters. The minimum atomic E-state index is 0.669. The Balaban J connectivity index is 3.21. The van der Waals surface area contributed by atoms with Crippen molar-refractivity contribution < 1.29 is 4.74 Å². The zero-order valence-electron chi connectivity index (χ0n) is 11.8. The van der Waals surface area contributed by atoms with Gasteiger partial charge in [-0.05, 0) is 31.1 Å². The van der Waals surface area contributed by atoms with Gasteiger partial charge in [-0.1, -0.05) is 44.1 Å². The molecule has 0 spiro atoms. The lowest BCUT2D eigenvalue weighted by Gasteiger charge is -2.00. The highest BCUT2D eigenvalue weighted by atomic mass is 16.5. The van der Waals surface area contributed by atoms with Crippen molar-refractivity contribution in [1.82, 2.24) is 0 Å². The van der Waals surface area contributed by atoms with Crippen LogP contribution >= 0.6 is 0 Å². The van der Waals surface area contributed by atoms with E-state index in [0.29, 0.717) is 6.61 Å². The molecule has 0 aromatic carbocycles. The van der Waals surface area contributed by atoms with Gasteiger partial charge < -0.3 is 4.74 Å². The standard InChI is InChI=1S/C17H26O/c1-3-5-6-7-8-9-10-11-12-13-14-15-17-18-16-4-2/h4H,2-3,5-6,11-17H2,1H3. The van der Waals surface area contributed by atoms with Crippen LogP contribution in [0.15, 0.2) is 12.7 Å². The molecule has 0 unspecified atom stereocenters. The largest absolute Gasteiger partial charge is 0.377 e. The van der Waals surface area contributed by atoms with E-state index in [1.54, 1.807) is 6.08 Å². The van der Waals surface area contributed by atoms with E-state index >= 15 is 0 Å². The van der Waals surface area contributed by atoms with Crippen LogP contribution in [0.4, 0.5) is 0 Å². The summed E-state index contributed by atoms with van der Waals surface area (Å²) in [5, 5.41) is 0. The summed E-state index contributed by atoms with van der Waals surface area (Å²) < 4.78 is 5.31. The molecule has 0 aliphatic rings. The molecule has 0 rings (SSSR count). The van der Waals surface area contributed by atoms with Crippen molar-refractivity contribution in [2.24, 2.45) is 0 Å². The fraction of sp³-hybridized carbons (Fsp3) is 0.647. The third-order valence-electron chi connectivity index (χ3n) is 2.47. The Kier molecular flexibility index (Phi) is 14.8. The molecular formula is C17H26O. The van der Waals surface area contributed by atoms with Crippen molar-refractivity contribution in [3.8, 4) is 23.7 Å². The summed E-state index contributed by atoms with van der Waals surface area (Å²) in [5.41, 5.74) is 0. The maximum absolute atomic E-state index is 5.31. The quantitative estimate of drug-likeness (QED) is 0.316. The van der Waals surface area contributed by atoms with Crippen molar-refractivity contribution in [2.45, 2.75) is 58.3 Å². The summed E-state index contributed by atoms with van der Waals surface area (Å²) in [5.74, 6) is 12.0. The molecule has 0 aromatic rings. The summed E-state index contributed by atoms with van der Waals surface area (Å²) in [6.07, 6.45) is 10.9. The highest BCUT2D eigenvalue weighted by molar-refractivity contribution is 5.25. The van der Waals surface area contributed by atoms with E-state index in [9.17, 15) is 0 Å². The smallest absolute Gasteiger partial charge is 0.0644 e. The van der Waals surface area contributed by atoms with Crippen LogP contribution in [-0.2, 0) is 4.74 Å². The van der Waals surface area contributed by atoms with Gasteiger partial charge in [-0.2, -0.15) is 0 Å². The van der Waals surface area contributed by atoms with Crippen molar-refractivity contribution in [3.05, 3.63) is 12.7 Å². The molecule has 0 fully saturated rings. The molecule has 0 saturated carbocycles. The lowest BCUT2D eigenvalue weighted by Crippen LogP contribution is -1.93. The van der Waals surface area contributed by atoms with Crippen LogP contribution in [-0.4, -0.2) is 13.2 Å². The second kappa shape index (κ2) is 15.8. The van der Waals surface area contributed by atoms with Gasteiger partial charge in [0, 0.05) is 19.4 Å². The maximum atomic E-state index is 5.31. The highest BCUT2D eigenvalue weighted by Crippen LogP contribution is 2.02. The second-order valence-electron chi connectivity index (χ2n) is 4.23. The molecule has 0 amide bonds. The lowest BCUT2D eigenvalue weighted by molar-refractivity contribution is 0.157. The van der Waals surface area contributed by atoms with Gasteiger partial charge in [0.25, 0.3) is 0 Å². The predicted octanol–water partition coefficient (Wildman–Crippen LogP) is 4.34. The molecule has 0 saturated heterocycles. The molecule has 1 nitrogen and oxygen atoms in total. The molecule has 0 aromatic heterocycles. The van der Waals surface area contributed by atoms with Crippen LogP contribution in [0.25, 0.3) is 0 Å². The number of ether oxygens (including phenoxy) is 1. The molecule has 0 radical (unpaired) electrons. The van der Waals surface area contributed by atoms with E-state index in [2.05, 4.69) is 37.2 Å². The Morgan fingerprint density at radius 3 is 2.28 bits per heavy atom. The molecule has 1 heteroatoms. The lowest BCUT2D eigenvalue weighted by atomic mass is 10.1. The first kappa shape index (κ1) is 16.8. The summed E-state index contributed by atoms with van der Waals surface area (Å²) in [4.78, 5) is 0. The van der Waals surface area contributed by atoms with Gasteiger partial charge in [0.15, 0.2) is 0 Å². The van der Waals surface area contributed by atoms with Gasteiger partial charge >= 0.3 is 0 Å². The average Bonchev–Trinajstić information content (AvgIpc) is 2.39. The average molecular weight is 246 g/mol. The number of rotatable bonds is 10. The van der Waals surface area contributed by atoms with Gasteiger partial charge in [-0.15, -0.1) is 6.58 Å². The summed E-state index contributed by atoms with van der Waals surface area (Å²) in [6, 6.07) is 0. The summed E-state index contributed by atoms with van der Waals surface area (Å²) >= 11 is 0. The summed E-state index contributed by atoms with van der Waals surface area (Å²) in [7, 11) is 0. The Morgan fingerprint density at radius 1 is 0.944 bits per heavy atom. The van der Waals surface area contributed by atoms with Gasteiger partial charge in [-0.3, -0.25) is 0 Å². The second-order valence-corrected chi connectivity index (χ2v) is 4.23. The van der Waals surface area contributed by atoms with E-state index < -0.39 is 0 Å². The third kappa shape index (κ3) is 14.8. The zero-order chi connectivity index (χ0) is 13.3. The molecule has 18 heavy (non-hydrogen) atoms. The van der Waals surface area contributed by atoms with Gasteiger partial charge in [0.2, 0.25) is 0 Å². The van der Waals surface area contributed by atoms with E-state index in [4.69, 9.17) is 4.74 Å². The molecule has 0 heterocycles. The van der Waals surface area contributed by atoms with Crippen LogP contribution in [0.2, 0.25) is 0 Å². The van der Waals surface area contributed by atoms with Crippen molar-refractivity contribution >= 4 is 0 Å². The Bertz CT molecular complexity index is 295. The van der Waals surface area contributed by atoms with E-state index in [0.717, 1.165) is 25.9 Å². The van der Waals surface area contributed by atoms with Gasteiger partial charge in [0.1, 0.15) is 0 Å². The Hall–Kier alpha value is -1.18. The number of hydrogen-bond acceptors (Lipinski definition) is 1. The first-order valence-corrected chi connectivity index (χ1v) is 7.06. The third-order valence-corrected chi connectivity index (χ3v) is 2.47. The number of unbranched alkanes of at least 4 members (excludes halogenated alkanes) is 6. The molecule has 0 aliphatic heterocycles.